The Balaban J connectivity index is 2.26. The van der Waals surface area contributed by atoms with Crippen molar-refractivity contribution in [1.29, 1.82) is 0 Å². The normalized spacial score (nSPS) is 10.4. The number of carbonyl (C=O) groups excluding carboxylic acids is 1. The van der Waals surface area contributed by atoms with Gasteiger partial charge in [-0.05, 0) is 55.0 Å². The van der Waals surface area contributed by atoms with Crippen LogP contribution in [0.15, 0.2) is 77.3 Å². The second kappa shape index (κ2) is 7.53. The lowest BCUT2D eigenvalue weighted by Crippen LogP contribution is -2.16. The van der Waals surface area contributed by atoms with Crippen molar-refractivity contribution < 1.29 is 9.53 Å². The van der Waals surface area contributed by atoms with Gasteiger partial charge < -0.3 is 9.64 Å². The summed E-state index contributed by atoms with van der Waals surface area (Å²) >= 11 is 3.48. The predicted octanol–water partition coefficient (Wildman–Crippen LogP) is 6.01. The molecule has 0 heterocycles. The minimum absolute atomic E-state index is 0.350. The van der Waals surface area contributed by atoms with E-state index in [1.165, 1.54) is 7.11 Å². The van der Waals surface area contributed by atoms with E-state index in [0.29, 0.717) is 5.56 Å². The first-order chi connectivity index (χ1) is 12.1. The number of para-hydroxylation sites is 2. The number of carbonyl (C=O) groups is 1. The highest BCUT2D eigenvalue weighted by atomic mass is 79.9. The van der Waals surface area contributed by atoms with Crippen molar-refractivity contribution in [3.63, 3.8) is 0 Å². The molecule has 0 radical (unpaired) electrons. The van der Waals surface area contributed by atoms with Crippen LogP contribution < -0.4 is 4.90 Å². The first kappa shape index (κ1) is 17.2. The SMILES string of the molecule is COC(=O)c1cccc(C)c1N(c1ccccc1)c1ccc(Br)cc1. The van der Waals surface area contributed by atoms with Crippen LogP contribution >= 0.6 is 15.9 Å². The van der Waals surface area contributed by atoms with Crippen LogP contribution in [0.2, 0.25) is 0 Å². The average molecular weight is 396 g/mol. The molecule has 0 aliphatic heterocycles. The molecular weight excluding hydrogens is 378 g/mol. The molecule has 0 bridgehead atoms. The fourth-order valence-corrected chi connectivity index (χ4v) is 3.07. The van der Waals surface area contributed by atoms with Crippen LogP contribution in [0.25, 0.3) is 0 Å². The van der Waals surface area contributed by atoms with Crippen molar-refractivity contribution in [2.45, 2.75) is 6.92 Å². The minimum Gasteiger partial charge on any atom is -0.465 e. The van der Waals surface area contributed by atoms with Crippen molar-refractivity contribution in [3.05, 3.63) is 88.4 Å². The molecule has 0 aliphatic rings. The van der Waals surface area contributed by atoms with Gasteiger partial charge in [0.05, 0.1) is 18.4 Å². The summed E-state index contributed by atoms with van der Waals surface area (Å²) in [4.78, 5) is 14.4. The number of benzene rings is 3. The van der Waals surface area contributed by atoms with Gasteiger partial charge in [-0.3, -0.25) is 0 Å². The van der Waals surface area contributed by atoms with Crippen LogP contribution in [0.5, 0.6) is 0 Å². The van der Waals surface area contributed by atoms with Crippen LogP contribution in [0.3, 0.4) is 0 Å². The Kier molecular flexibility index (Phi) is 5.19. The van der Waals surface area contributed by atoms with Crippen molar-refractivity contribution in [2.24, 2.45) is 0 Å². The standard InChI is InChI=1S/C21H18BrNO2/c1-15-7-6-10-19(21(24)25-2)20(15)23(17-8-4-3-5-9-17)18-13-11-16(22)12-14-18/h3-14H,1-2H3. The Hall–Kier alpha value is -2.59. The largest absolute Gasteiger partial charge is 0.465 e. The summed E-state index contributed by atoms with van der Waals surface area (Å²) in [5.74, 6) is -0.350. The minimum atomic E-state index is -0.350. The highest BCUT2D eigenvalue weighted by Gasteiger charge is 2.21. The molecule has 0 amide bonds. The molecule has 4 heteroatoms. The molecule has 0 spiro atoms. The highest BCUT2D eigenvalue weighted by Crippen LogP contribution is 2.39. The molecular formula is C21H18BrNO2. The second-order valence-electron chi connectivity index (χ2n) is 5.61. The van der Waals surface area contributed by atoms with E-state index in [1.807, 2.05) is 73.7 Å². The van der Waals surface area contributed by atoms with Gasteiger partial charge in [-0.1, -0.05) is 46.3 Å². The van der Waals surface area contributed by atoms with E-state index in [-0.39, 0.29) is 5.97 Å². The molecule has 3 rings (SSSR count). The van der Waals surface area contributed by atoms with Crippen LogP contribution in [0, 0.1) is 6.92 Å². The quantitative estimate of drug-likeness (QED) is 0.506. The van der Waals surface area contributed by atoms with E-state index in [1.54, 1.807) is 6.07 Å². The monoisotopic (exact) mass is 395 g/mol. The third-order valence-corrected chi connectivity index (χ3v) is 4.49. The number of hydrogen-bond acceptors (Lipinski definition) is 3. The number of rotatable bonds is 4. The summed E-state index contributed by atoms with van der Waals surface area (Å²) in [7, 11) is 1.40. The number of anilines is 3. The molecule has 3 nitrogen and oxygen atoms in total. The molecule has 3 aromatic rings. The van der Waals surface area contributed by atoms with E-state index in [0.717, 1.165) is 27.1 Å². The van der Waals surface area contributed by atoms with Gasteiger partial charge in [0.2, 0.25) is 0 Å². The molecule has 25 heavy (non-hydrogen) atoms. The zero-order valence-corrected chi connectivity index (χ0v) is 15.7. The molecule has 0 fully saturated rings. The second-order valence-corrected chi connectivity index (χ2v) is 6.53. The fourth-order valence-electron chi connectivity index (χ4n) is 2.80. The zero-order valence-electron chi connectivity index (χ0n) is 14.1. The maximum Gasteiger partial charge on any atom is 0.340 e. The number of aryl methyl sites for hydroxylation is 1. The summed E-state index contributed by atoms with van der Waals surface area (Å²) in [5.41, 5.74) is 4.30. The van der Waals surface area contributed by atoms with Gasteiger partial charge in [0, 0.05) is 15.8 Å². The number of nitrogens with zero attached hydrogens (tertiary/aromatic N) is 1. The summed E-state index contributed by atoms with van der Waals surface area (Å²) in [6, 6.07) is 23.7. The summed E-state index contributed by atoms with van der Waals surface area (Å²) in [6.07, 6.45) is 0. The van der Waals surface area contributed by atoms with Crippen molar-refractivity contribution in [3.8, 4) is 0 Å². The number of esters is 1. The van der Waals surface area contributed by atoms with Crippen LogP contribution in [-0.4, -0.2) is 13.1 Å². The van der Waals surface area contributed by atoms with Gasteiger partial charge >= 0.3 is 5.97 Å². The maximum atomic E-state index is 12.4. The van der Waals surface area contributed by atoms with E-state index in [9.17, 15) is 4.79 Å². The van der Waals surface area contributed by atoms with Crippen molar-refractivity contribution >= 4 is 39.0 Å². The van der Waals surface area contributed by atoms with Gasteiger partial charge in [0.15, 0.2) is 0 Å². The number of ether oxygens (including phenoxy) is 1. The third-order valence-electron chi connectivity index (χ3n) is 3.97. The smallest absolute Gasteiger partial charge is 0.340 e. The van der Waals surface area contributed by atoms with Crippen LogP contribution in [0.1, 0.15) is 15.9 Å². The average Bonchev–Trinajstić information content (AvgIpc) is 2.65. The predicted molar refractivity (Wildman–Crippen MR) is 105 cm³/mol. The lowest BCUT2D eigenvalue weighted by molar-refractivity contribution is 0.0601. The molecule has 126 valence electrons. The lowest BCUT2D eigenvalue weighted by atomic mass is 10.0. The summed E-state index contributed by atoms with van der Waals surface area (Å²) in [5, 5.41) is 0. The fraction of sp³-hybridized carbons (Fsp3) is 0.0952. The first-order valence-electron chi connectivity index (χ1n) is 7.90. The highest BCUT2D eigenvalue weighted by molar-refractivity contribution is 9.10. The third kappa shape index (κ3) is 3.59. The van der Waals surface area contributed by atoms with Gasteiger partial charge in [0.25, 0.3) is 0 Å². The topological polar surface area (TPSA) is 29.5 Å². The molecule has 0 unspecified atom stereocenters. The molecule has 0 atom stereocenters. The number of methoxy groups -OCH3 is 1. The van der Waals surface area contributed by atoms with E-state index in [2.05, 4.69) is 20.8 Å². The zero-order chi connectivity index (χ0) is 17.8. The Labute approximate surface area is 156 Å². The van der Waals surface area contributed by atoms with Gasteiger partial charge in [-0.25, -0.2) is 4.79 Å². The number of halogens is 1. The Bertz CT molecular complexity index is 876. The molecule has 3 aromatic carbocycles. The Morgan fingerprint density at radius 2 is 1.52 bits per heavy atom. The van der Waals surface area contributed by atoms with Crippen molar-refractivity contribution in [2.75, 3.05) is 12.0 Å². The summed E-state index contributed by atoms with van der Waals surface area (Å²) in [6.45, 7) is 2.00. The van der Waals surface area contributed by atoms with Gasteiger partial charge in [-0.15, -0.1) is 0 Å². The maximum absolute atomic E-state index is 12.4. The van der Waals surface area contributed by atoms with E-state index < -0.39 is 0 Å². The van der Waals surface area contributed by atoms with Gasteiger partial charge in [-0.2, -0.15) is 0 Å². The lowest BCUT2D eigenvalue weighted by Gasteiger charge is -2.28. The first-order valence-corrected chi connectivity index (χ1v) is 8.70. The van der Waals surface area contributed by atoms with Crippen LogP contribution in [0.4, 0.5) is 17.1 Å². The van der Waals surface area contributed by atoms with Crippen molar-refractivity contribution in [1.82, 2.24) is 0 Å². The van der Waals surface area contributed by atoms with Crippen LogP contribution in [-0.2, 0) is 4.74 Å². The van der Waals surface area contributed by atoms with E-state index in [4.69, 9.17) is 4.74 Å². The number of hydrogen-bond donors (Lipinski definition) is 0. The molecule has 0 saturated heterocycles. The Morgan fingerprint density at radius 3 is 2.16 bits per heavy atom. The molecule has 0 saturated carbocycles. The molecule has 0 aliphatic carbocycles. The van der Waals surface area contributed by atoms with Gasteiger partial charge in [0.1, 0.15) is 0 Å². The van der Waals surface area contributed by atoms with E-state index >= 15 is 0 Å². The molecule has 0 N–H and O–H groups in total. The summed E-state index contributed by atoms with van der Waals surface area (Å²) < 4.78 is 6.00. The Morgan fingerprint density at radius 1 is 0.880 bits per heavy atom. The molecule has 0 aromatic heterocycles.